The van der Waals surface area contributed by atoms with Gasteiger partial charge in [0.1, 0.15) is 16.6 Å². The molecule has 2 bridgehead atoms. The zero-order valence-electron chi connectivity index (χ0n) is 15.0. The molecule has 1 aromatic carbocycles. The minimum absolute atomic E-state index is 0.0547. The standard InChI is InChI=1S/C18H17ClN4O3S2/c1-28(25,26)10-23-5-4-13(22-23)15(24)21-18-7-17(8-18,9-18)16-20-12-3-2-11(19)6-14(12)27-16/h2-6H,7-10H2,1H3,(H,21,24). The molecule has 28 heavy (non-hydrogen) atoms. The molecule has 3 aliphatic rings. The number of thiazole rings is 1. The summed E-state index contributed by atoms with van der Waals surface area (Å²) in [4.78, 5) is 17.3. The van der Waals surface area contributed by atoms with E-state index in [2.05, 4.69) is 10.4 Å². The van der Waals surface area contributed by atoms with Gasteiger partial charge in [-0.3, -0.25) is 9.48 Å². The zero-order chi connectivity index (χ0) is 19.7. The van der Waals surface area contributed by atoms with Crippen molar-refractivity contribution in [1.29, 1.82) is 0 Å². The molecule has 2 aromatic heterocycles. The highest BCUT2D eigenvalue weighted by molar-refractivity contribution is 7.89. The second kappa shape index (κ2) is 5.77. The van der Waals surface area contributed by atoms with Gasteiger partial charge in [0.25, 0.3) is 5.91 Å². The first-order valence-corrected chi connectivity index (χ1v) is 12.0. The van der Waals surface area contributed by atoms with Crippen molar-refractivity contribution in [2.24, 2.45) is 0 Å². The molecule has 6 rings (SSSR count). The van der Waals surface area contributed by atoms with Crippen LogP contribution in [0.15, 0.2) is 30.5 Å². The molecule has 3 aromatic rings. The number of aromatic nitrogens is 3. The highest BCUT2D eigenvalue weighted by atomic mass is 35.5. The summed E-state index contributed by atoms with van der Waals surface area (Å²) in [5.41, 5.74) is 1.05. The number of nitrogens with zero attached hydrogens (tertiary/aromatic N) is 3. The van der Waals surface area contributed by atoms with Crippen molar-refractivity contribution in [2.45, 2.75) is 36.1 Å². The van der Waals surface area contributed by atoms with Gasteiger partial charge in [-0.15, -0.1) is 11.3 Å². The Balaban J connectivity index is 1.26. The highest BCUT2D eigenvalue weighted by Crippen LogP contribution is 2.68. The fourth-order valence-corrected chi connectivity index (χ4v) is 6.42. The number of nitrogens with one attached hydrogen (secondary N) is 1. The molecule has 146 valence electrons. The van der Waals surface area contributed by atoms with Gasteiger partial charge in [0.05, 0.1) is 10.2 Å². The fraction of sp³-hybridized carbons (Fsp3) is 0.389. The summed E-state index contributed by atoms with van der Waals surface area (Å²) in [5, 5.41) is 8.97. The molecule has 0 atom stereocenters. The van der Waals surface area contributed by atoms with Crippen LogP contribution in [0.5, 0.6) is 0 Å². The van der Waals surface area contributed by atoms with Gasteiger partial charge in [-0.25, -0.2) is 13.4 Å². The van der Waals surface area contributed by atoms with Gasteiger partial charge in [-0.05, 0) is 43.5 Å². The Hall–Kier alpha value is -1.97. The molecule has 3 aliphatic carbocycles. The third-order valence-electron chi connectivity index (χ3n) is 5.45. The fourth-order valence-electron chi connectivity index (χ4n) is 4.37. The number of carbonyl (C=O) groups excluding carboxylic acids is 1. The number of benzene rings is 1. The Bertz CT molecular complexity index is 1210. The monoisotopic (exact) mass is 436 g/mol. The Morgan fingerprint density at radius 3 is 2.79 bits per heavy atom. The minimum Gasteiger partial charge on any atom is -0.345 e. The summed E-state index contributed by atoms with van der Waals surface area (Å²) in [6.07, 6.45) is 5.23. The number of amides is 1. The van der Waals surface area contributed by atoms with Gasteiger partial charge in [0.15, 0.2) is 9.84 Å². The van der Waals surface area contributed by atoms with Crippen LogP contribution in [0.1, 0.15) is 34.8 Å². The van der Waals surface area contributed by atoms with E-state index in [0.29, 0.717) is 5.02 Å². The quantitative estimate of drug-likeness (QED) is 0.663. The van der Waals surface area contributed by atoms with E-state index < -0.39 is 9.84 Å². The predicted molar refractivity (Wildman–Crippen MR) is 107 cm³/mol. The molecule has 1 amide bonds. The Morgan fingerprint density at radius 1 is 1.32 bits per heavy atom. The normalized spacial score (nSPS) is 25.9. The van der Waals surface area contributed by atoms with Gasteiger partial charge in [0.2, 0.25) is 0 Å². The Kier molecular flexibility index (Phi) is 3.73. The Labute approximate surface area is 170 Å². The molecule has 1 N–H and O–H groups in total. The molecule has 3 fully saturated rings. The first-order chi connectivity index (χ1) is 13.2. The molecule has 0 spiro atoms. The summed E-state index contributed by atoms with van der Waals surface area (Å²) in [7, 11) is -3.21. The average Bonchev–Trinajstić information content (AvgIpc) is 3.13. The third kappa shape index (κ3) is 2.92. The molecular weight excluding hydrogens is 420 g/mol. The predicted octanol–water partition coefficient (Wildman–Crippen LogP) is 2.75. The van der Waals surface area contributed by atoms with E-state index >= 15 is 0 Å². The number of hydrogen-bond donors (Lipinski definition) is 1. The molecule has 0 radical (unpaired) electrons. The van der Waals surface area contributed by atoms with Crippen LogP contribution in [0.4, 0.5) is 0 Å². The lowest BCUT2D eigenvalue weighted by Crippen LogP contribution is -2.76. The largest absolute Gasteiger partial charge is 0.345 e. The molecule has 0 aliphatic heterocycles. The zero-order valence-corrected chi connectivity index (χ0v) is 17.4. The second-order valence-corrected chi connectivity index (χ2v) is 11.5. The molecule has 7 nitrogen and oxygen atoms in total. The molecule has 0 saturated heterocycles. The van der Waals surface area contributed by atoms with E-state index in [1.165, 1.54) is 10.9 Å². The first-order valence-electron chi connectivity index (χ1n) is 8.76. The first kappa shape index (κ1) is 18.1. The van der Waals surface area contributed by atoms with Gasteiger partial charge in [-0.1, -0.05) is 11.6 Å². The van der Waals surface area contributed by atoms with Crippen LogP contribution in [-0.4, -0.2) is 40.9 Å². The van der Waals surface area contributed by atoms with Crippen LogP contribution in [0.3, 0.4) is 0 Å². The van der Waals surface area contributed by atoms with E-state index in [9.17, 15) is 13.2 Å². The van der Waals surface area contributed by atoms with Crippen molar-refractivity contribution in [2.75, 3.05) is 6.26 Å². The Morgan fingerprint density at radius 2 is 2.07 bits per heavy atom. The van der Waals surface area contributed by atoms with Crippen LogP contribution in [0.2, 0.25) is 5.02 Å². The smallest absolute Gasteiger partial charge is 0.272 e. The molecular formula is C18H17ClN4O3S2. The summed E-state index contributed by atoms with van der Waals surface area (Å²) >= 11 is 7.74. The summed E-state index contributed by atoms with van der Waals surface area (Å²) in [6, 6.07) is 7.26. The van der Waals surface area contributed by atoms with E-state index in [4.69, 9.17) is 16.6 Å². The SMILES string of the molecule is CS(=O)(=O)Cn1ccc(C(=O)NC23CC(c4nc5ccc(Cl)cc5s4)(C2)C3)n1. The van der Waals surface area contributed by atoms with Gasteiger partial charge >= 0.3 is 0 Å². The minimum atomic E-state index is -3.21. The van der Waals surface area contributed by atoms with Crippen molar-refractivity contribution < 1.29 is 13.2 Å². The van der Waals surface area contributed by atoms with E-state index in [1.54, 1.807) is 17.4 Å². The van der Waals surface area contributed by atoms with E-state index in [-0.39, 0.29) is 28.4 Å². The molecule has 3 saturated carbocycles. The van der Waals surface area contributed by atoms with Gasteiger partial charge in [0, 0.05) is 28.4 Å². The number of rotatable bonds is 5. The summed E-state index contributed by atoms with van der Waals surface area (Å²) in [5.74, 6) is -0.507. The van der Waals surface area contributed by atoms with Crippen molar-refractivity contribution >= 4 is 48.9 Å². The number of hydrogen-bond acceptors (Lipinski definition) is 6. The van der Waals surface area contributed by atoms with Crippen LogP contribution in [0, 0.1) is 0 Å². The lowest BCUT2D eigenvalue weighted by Gasteiger charge is -2.69. The number of fused-ring (bicyclic) bond motifs is 1. The van der Waals surface area contributed by atoms with Crippen molar-refractivity contribution in [1.82, 2.24) is 20.1 Å². The lowest BCUT2D eigenvalue weighted by atomic mass is 9.39. The van der Waals surface area contributed by atoms with E-state index in [0.717, 1.165) is 40.7 Å². The van der Waals surface area contributed by atoms with Crippen LogP contribution >= 0.6 is 22.9 Å². The van der Waals surface area contributed by atoms with E-state index in [1.807, 2.05) is 18.2 Å². The van der Waals surface area contributed by atoms with Crippen LogP contribution < -0.4 is 5.32 Å². The van der Waals surface area contributed by atoms with Gasteiger partial charge in [-0.2, -0.15) is 5.10 Å². The van der Waals surface area contributed by atoms with Crippen LogP contribution in [-0.2, 0) is 21.1 Å². The molecule has 10 heteroatoms. The summed E-state index contributed by atoms with van der Waals surface area (Å²) < 4.78 is 25.0. The molecule has 2 heterocycles. The van der Waals surface area contributed by atoms with Crippen molar-refractivity contribution in [3.8, 4) is 0 Å². The highest BCUT2D eigenvalue weighted by Gasteiger charge is 2.70. The third-order valence-corrected chi connectivity index (χ3v) is 7.69. The average molecular weight is 437 g/mol. The van der Waals surface area contributed by atoms with Crippen LogP contribution in [0.25, 0.3) is 10.2 Å². The maximum Gasteiger partial charge on any atom is 0.272 e. The van der Waals surface area contributed by atoms with Crippen molar-refractivity contribution in [3.05, 3.63) is 46.2 Å². The number of halogens is 1. The van der Waals surface area contributed by atoms with Crippen molar-refractivity contribution in [3.63, 3.8) is 0 Å². The summed E-state index contributed by atoms with van der Waals surface area (Å²) in [6.45, 7) is 0. The van der Waals surface area contributed by atoms with Gasteiger partial charge < -0.3 is 5.32 Å². The number of sulfone groups is 1. The number of carbonyl (C=O) groups is 1. The second-order valence-electron chi connectivity index (χ2n) is 7.97. The topological polar surface area (TPSA) is 94.0 Å². The lowest BCUT2D eigenvalue weighted by molar-refractivity contribution is -0.0808. The maximum atomic E-state index is 12.5. The maximum absolute atomic E-state index is 12.5. The molecule has 0 unspecified atom stereocenters.